The number of benzene rings is 1. The smallest absolute Gasteiger partial charge is 0.253 e. The normalized spacial score (nSPS) is 20.7. The molecule has 0 spiro atoms. The molecule has 2 amide bonds. The third-order valence-corrected chi connectivity index (χ3v) is 4.56. The van der Waals surface area contributed by atoms with Gasteiger partial charge < -0.3 is 16.0 Å². The van der Waals surface area contributed by atoms with Crippen molar-refractivity contribution in [1.29, 1.82) is 0 Å². The maximum atomic E-state index is 12.6. The van der Waals surface area contributed by atoms with Crippen LogP contribution in [0.3, 0.4) is 0 Å². The molecule has 132 valence electrons. The molecule has 1 aliphatic heterocycles. The number of carbonyl (C=O) groups excluding carboxylic acids is 2. The fraction of sp³-hybridized carbons (Fsp3) is 0.556. The van der Waals surface area contributed by atoms with E-state index in [-0.39, 0.29) is 23.8 Å². The van der Waals surface area contributed by atoms with Crippen molar-refractivity contribution in [2.24, 2.45) is 11.8 Å². The van der Waals surface area contributed by atoms with Crippen LogP contribution in [0.5, 0.6) is 0 Å². The lowest BCUT2D eigenvalue weighted by molar-refractivity contribution is -0.116. The zero-order valence-corrected chi connectivity index (χ0v) is 15.2. The summed E-state index contributed by atoms with van der Waals surface area (Å²) in [6.07, 6.45) is 1.47. The average molecular weight is 352 g/mol. The van der Waals surface area contributed by atoms with E-state index in [1.807, 2.05) is 13.8 Å². The monoisotopic (exact) mass is 351 g/mol. The van der Waals surface area contributed by atoms with Crippen LogP contribution >= 0.6 is 11.6 Å². The molecular weight excluding hydrogens is 326 g/mol. The van der Waals surface area contributed by atoms with E-state index in [1.165, 1.54) is 0 Å². The standard InChI is InChI=1S/C18H26ClN3O2/c1-11(2)8-17(23)21-13-4-5-15(19)14(9-13)18(24)22-16-10-20-7-6-12(16)3/h4-5,9,11-12,16,20H,6-8,10H2,1-3H3,(H,21,23)(H,22,24). The second-order valence-corrected chi connectivity index (χ2v) is 7.30. The fourth-order valence-corrected chi connectivity index (χ4v) is 2.99. The highest BCUT2D eigenvalue weighted by Crippen LogP contribution is 2.22. The largest absolute Gasteiger partial charge is 0.348 e. The molecule has 3 N–H and O–H groups in total. The molecule has 1 aromatic carbocycles. The van der Waals surface area contributed by atoms with Gasteiger partial charge in [-0.15, -0.1) is 0 Å². The van der Waals surface area contributed by atoms with Gasteiger partial charge in [0, 0.05) is 24.7 Å². The van der Waals surface area contributed by atoms with E-state index in [0.29, 0.717) is 28.6 Å². The van der Waals surface area contributed by atoms with Crippen molar-refractivity contribution in [3.8, 4) is 0 Å². The summed E-state index contributed by atoms with van der Waals surface area (Å²) in [6.45, 7) is 7.84. The molecule has 2 atom stereocenters. The van der Waals surface area contributed by atoms with Crippen molar-refractivity contribution >= 4 is 29.1 Å². The van der Waals surface area contributed by atoms with Crippen LogP contribution in [0, 0.1) is 11.8 Å². The fourth-order valence-electron chi connectivity index (χ4n) is 2.79. The van der Waals surface area contributed by atoms with Crippen molar-refractivity contribution in [2.45, 2.75) is 39.7 Å². The minimum Gasteiger partial charge on any atom is -0.348 e. The molecule has 2 unspecified atom stereocenters. The van der Waals surface area contributed by atoms with Crippen LogP contribution in [0.4, 0.5) is 5.69 Å². The third kappa shape index (κ3) is 5.21. The number of nitrogens with one attached hydrogen (secondary N) is 3. The molecule has 0 bridgehead atoms. The van der Waals surface area contributed by atoms with Gasteiger partial charge in [-0.1, -0.05) is 32.4 Å². The minimum absolute atomic E-state index is 0.0659. The van der Waals surface area contributed by atoms with E-state index >= 15 is 0 Å². The highest BCUT2D eigenvalue weighted by molar-refractivity contribution is 6.34. The number of piperidine rings is 1. The number of rotatable bonds is 5. The molecule has 0 radical (unpaired) electrons. The summed E-state index contributed by atoms with van der Waals surface area (Å²) in [5.74, 6) is 0.424. The lowest BCUT2D eigenvalue weighted by atomic mass is 9.94. The van der Waals surface area contributed by atoms with Crippen LogP contribution < -0.4 is 16.0 Å². The van der Waals surface area contributed by atoms with Gasteiger partial charge in [0.05, 0.1) is 10.6 Å². The van der Waals surface area contributed by atoms with Crippen LogP contribution in [-0.2, 0) is 4.79 Å². The Labute approximate surface area is 148 Å². The van der Waals surface area contributed by atoms with Crippen LogP contribution in [0.15, 0.2) is 18.2 Å². The zero-order chi connectivity index (χ0) is 17.7. The SMILES string of the molecule is CC(C)CC(=O)Nc1ccc(Cl)c(C(=O)NC2CNCCC2C)c1. The first kappa shape index (κ1) is 18.7. The van der Waals surface area contributed by atoms with Gasteiger partial charge in [0.1, 0.15) is 0 Å². The summed E-state index contributed by atoms with van der Waals surface area (Å²) in [5.41, 5.74) is 0.974. The number of carbonyl (C=O) groups is 2. The van der Waals surface area contributed by atoms with Gasteiger partial charge in [0.15, 0.2) is 0 Å². The lowest BCUT2D eigenvalue weighted by Crippen LogP contribution is -2.50. The van der Waals surface area contributed by atoms with Gasteiger partial charge in [-0.3, -0.25) is 9.59 Å². The summed E-state index contributed by atoms with van der Waals surface area (Å²) < 4.78 is 0. The molecular formula is C18H26ClN3O2. The Balaban J connectivity index is 2.07. The Morgan fingerprint density at radius 3 is 2.79 bits per heavy atom. The summed E-state index contributed by atoms with van der Waals surface area (Å²) in [6, 6.07) is 5.07. The van der Waals surface area contributed by atoms with Crippen molar-refractivity contribution in [2.75, 3.05) is 18.4 Å². The van der Waals surface area contributed by atoms with E-state index in [0.717, 1.165) is 19.5 Å². The molecule has 2 rings (SSSR count). The maximum Gasteiger partial charge on any atom is 0.253 e. The third-order valence-electron chi connectivity index (χ3n) is 4.23. The van der Waals surface area contributed by atoms with Crippen molar-refractivity contribution in [3.05, 3.63) is 28.8 Å². The highest BCUT2D eigenvalue weighted by Gasteiger charge is 2.24. The predicted octanol–water partition coefficient (Wildman–Crippen LogP) is 3.05. The van der Waals surface area contributed by atoms with Crippen LogP contribution in [0.25, 0.3) is 0 Å². The lowest BCUT2D eigenvalue weighted by Gasteiger charge is -2.30. The maximum absolute atomic E-state index is 12.6. The molecule has 5 nitrogen and oxygen atoms in total. The number of anilines is 1. The summed E-state index contributed by atoms with van der Waals surface area (Å²) in [4.78, 5) is 24.5. The minimum atomic E-state index is -0.208. The van der Waals surface area contributed by atoms with Gasteiger partial charge in [0.2, 0.25) is 5.91 Å². The van der Waals surface area contributed by atoms with Crippen LogP contribution in [-0.4, -0.2) is 30.9 Å². The molecule has 1 fully saturated rings. The van der Waals surface area contributed by atoms with Gasteiger partial charge in [-0.05, 0) is 43.0 Å². The molecule has 1 heterocycles. The first-order valence-electron chi connectivity index (χ1n) is 8.47. The molecule has 24 heavy (non-hydrogen) atoms. The topological polar surface area (TPSA) is 70.2 Å². The second kappa shape index (κ2) is 8.49. The van der Waals surface area contributed by atoms with E-state index in [2.05, 4.69) is 22.9 Å². The van der Waals surface area contributed by atoms with E-state index < -0.39 is 0 Å². The molecule has 0 aliphatic carbocycles. The van der Waals surface area contributed by atoms with E-state index in [4.69, 9.17) is 11.6 Å². The Kier molecular flexibility index (Phi) is 6.63. The van der Waals surface area contributed by atoms with Gasteiger partial charge in [-0.25, -0.2) is 0 Å². The predicted molar refractivity (Wildman–Crippen MR) is 97.4 cm³/mol. The summed E-state index contributed by atoms with van der Waals surface area (Å²) in [7, 11) is 0. The first-order valence-corrected chi connectivity index (χ1v) is 8.85. The Morgan fingerprint density at radius 1 is 1.38 bits per heavy atom. The Morgan fingerprint density at radius 2 is 2.12 bits per heavy atom. The number of hydrogen-bond donors (Lipinski definition) is 3. The van der Waals surface area contributed by atoms with Gasteiger partial charge in [0.25, 0.3) is 5.91 Å². The van der Waals surface area contributed by atoms with Crippen LogP contribution in [0.1, 0.15) is 44.0 Å². The quantitative estimate of drug-likeness (QED) is 0.763. The number of hydrogen-bond acceptors (Lipinski definition) is 3. The molecule has 0 saturated carbocycles. The number of halogens is 1. The van der Waals surface area contributed by atoms with Crippen LogP contribution in [0.2, 0.25) is 5.02 Å². The molecule has 1 aromatic rings. The zero-order valence-electron chi connectivity index (χ0n) is 14.5. The van der Waals surface area contributed by atoms with E-state index in [9.17, 15) is 9.59 Å². The second-order valence-electron chi connectivity index (χ2n) is 6.89. The molecule has 0 aromatic heterocycles. The average Bonchev–Trinajstić information content (AvgIpc) is 2.50. The molecule has 1 saturated heterocycles. The Hall–Kier alpha value is -1.59. The molecule has 6 heteroatoms. The van der Waals surface area contributed by atoms with Crippen molar-refractivity contribution in [3.63, 3.8) is 0 Å². The summed E-state index contributed by atoms with van der Waals surface area (Å²) >= 11 is 6.18. The van der Waals surface area contributed by atoms with Crippen molar-refractivity contribution < 1.29 is 9.59 Å². The highest BCUT2D eigenvalue weighted by atomic mass is 35.5. The van der Waals surface area contributed by atoms with Gasteiger partial charge in [-0.2, -0.15) is 0 Å². The summed E-state index contributed by atoms with van der Waals surface area (Å²) in [5, 5.41) is 9.53. The van der Waals surface area contributed by atoms with E-state index in [1.54, 1.807) is 18.2 Å². The molecule has 1 aliphatic rings. The number of amides is 2. The van der Waals surface area contributed by atoms with Crippen molar-refractivity contribution in [1.82, 2.24) is 10.6 Å². The van der Waals surface area contributed by atoms with Gasteiger partial charge >= 0.3 is 0 Å². The Bertz CT molecular complexity index is 604. The first-order chi connectivity index (χ1) is 11.4.